The molecule has 5 heteroatoms. The molecule has 0 spiro atoms. The molecule has 2 aromatic carbocycles. The number of carbonyl (C=O) groups is 1. The predicted octanol–water partition coefficient (Wildman–Crippen LogP) is 7.92. The highest BCUT2D eigenvalue weighted by Crippen LogP contribution is 2.33. The second-order valence-electron chi connectivity index (χ2n) is 10.1. The minimum absolute atomic E-state index is 0.0776. The number of nitrogens with zero attached hydrogens (tertiary/aromatic N) is 1. The molecule has 2 heterocycles. The average molecular weight is 547 g/mol. The molecular weight excluding hydrogens is 496 g/mol. The van der Waals surface area contributed by atoms with E-state index in [1.807, 2.05) is 57.2 Å². The lowest BCUT2D eigenvalue weighted by Crippen LogP contribution is -2.35. The molecule has 40 heavy (non-hydrogen) atoms. The number of hydrogen-bond acceptors (Lipinski definition) is 5. The van der Waals surface area contributed by atoms with Crippen LogP contribution in [0.3, 0.4) is 0 Å². The molecule has 2 aliphatic heterocycles. The summed E-state index contributed by atoms with van der Waals surface area (Å²) >= 11 is 0. The standard InChI is InChI=1S/C23H34N2O2.C10H10O.C2H6/c1-5-6-18-8-11-25(12-9-18)16-19-7-10-24-21(13-19)20-14-22(26-3)17(2)23(15-20)27-4;1-9(11)7-8-10-5-3-2-4-6-10;1-2/h7,10,13-15,18,21,24H,5-6,8-9,11-12,16H2,1-4H3;2-8H,1H3;1-2H3/b;8-7+;. The third kappa shape index (κ3) is 10.7. The number of ketones is 1. The largest absolute Gasteiger partial charge is 0.496 e. The first-order valence-corrected chi connectivity index (χ1v) is 14.7. The van der Waals surface area contributed by atoms with Crippen LogP contribution in [0, 0.1) is 12.8 Å². The number of allylic oxidation sites excluding steroid dienone is 1. The molecule has 1 atom stereocenters. The lowest BCUT2D eigenvalue weighted by Gasteiger charge is -2.33. The van der Waals surface area contributed by atoms with Crippen LogP contribution in [-0.2, 0) is 4.79 Å². The van der Waals surface area contributed by atoms with Gasteiger partial charge in [-0.15, -0.1) is 0 Å². The Morgan fingerprint density at radius 2 is 1.68 bits per heavy atom. The molecule has 2 aromatic rings. The van der Waals surface area contributed by atoms with Gasteiger partial charge in [0.1, 0.15) is 11.5 Å². The van der Waals surface area contributed by atoms with Crippen molar-refractivity contribution in [3.8, 4) is 11.5 Å². The zero-order chi connectivity index (χ0) is 29.3. The average Bonchev–Trinajstić information content (AvgIpc) is 2.99. The van der Waals surface area contributed by atoms with Crippen molar-refractivity contribution in [2.24, 2.45) is 5.92 Å². The number of hydrogen-bond donors (Lipinski definition) is 1. The lowest BCUT2D eigenvalue weighted by molar-refractivity contribution is -0.112. The molecule has 0 bridgehead atoms. The summed E-state index contributed by atoms with van der Waals surface area (Å²) in [7, 11) is 3.42. The maximum atomic E-state index is 10.5. The van der Waals surface area contributed by atoms with E-state index in [2.05, 4.69) is 47.6 Å². The Kier molecular flexibility index (Phi) is 14.9. The minimum atomic E-state index is 0.0776. The number of dihydropyridines is 1. The fraction of sp³-hybridized carbons (Fsp3) is 0.457. The molecule has 0 aliphatic carbocycles. The second-order valence-corrected chi connectivity index (χ2v) is 10.1. The summed E-state index contributed by atoms with van der Waals surface area (Å²) in [5.74, 6) is 2.75. The lowest BCUT2D eigenvalue weighted by atomic mass is 9.92. The zero-order valence-electron chi connectivity index (χ0n) is 25.7. The Bertz CT molecular complexity index is 1090. The van der Waals surface area contributed by atoms with Gasteiger partial charge in [0.25, 0.3) is 0 Å². The molecule has 1 saturated heterocycles. The van der Waals surface area contributed by atoms with Gasteiger partial charge in [0.15, 0.2) is 5.78 Å². The van der Waals surface area contributed by atoms with E-state index in [9.17, 15) is 4.79 Å². The van der Waals surface area contributed by atoms with Crippen LogP contribution in [0.4, 0.5) is 0 Å². The molecule has 2 aliphatic rings. The van der Waals surface area contributed by atoms with Crippen molar-refractivity contribution in [3.63, 3.8) is 0 Å². The molecule has 1 unspecified atom stereocenters. The molecule has 0 saturated carbocycles. The summed E-state index contributed by atoms with van der Waals surface area (Å²) in [6.45, 7) is 13.3. The molecular formula is C35H50N2O3. The Morgan fingerprint density at radius 1 is 1.05 bits per heavy atom. The van der Waals surface area contributed by atoms with Gasteiger partial charge >= 0.3 is 0 Å². The van der Waals surface area contributed by atoms with Gasteiger partial charge in [-0.1, -0.05) is 76.1 Å². The van der Waals surface area contributed by atoms with Gasteiger partial charge < -0.3 is 14.8 Å². The first-order valence-electron chi connectivity index (χ1n) is 14.7. The molecule has 1 fully saturated rings. The predicted molar refractivity (Wildman–Crippen MR) is 169 cm³/mol. The number of ether oxygens (including phenoxy) is 2. The molecule has 218 valence electrons. The number of nitrogens with one attached hydrogen (secondary N) is 1. The topological polar surface area (TPSA) is 50.8 Å². The molecule has 1 N–H and O–H groups in total. The fourth-order valence-electron chi connectivity index (χ4n) is 5.04. The van der Waals surface area contributed by atoms with Crippen molar-refractivity contribution in [2.45, 2.75) is 66.3 Å². The number of likely N-dealkylation sites (tertiary alicyclic amines) is 1. The first-order chi connectivity index (χ1) is 19.4. The highest BCUT2D eigenvalue weighted by Gasteiger charge is 2.21. The molecule has 4 rings (SSSR count). The molecule has 0 amide bonds. The van der Waals surface area contributed by atoms with Gasteiger partial charge in [0.05, 0.1) is 20.3 Å². The van der Waals surface area contributed by atoms with Gasteiger partial charge in [-0.05, 0) is 92.9 Å². The number of methoxy groups -OCH3 is 2. The summed E-state index contributed by atoms with van der Waals surface area (Å²) in [6.07, 6.45) is 15.4. The van der Waals surface area contributed by atoms with Crippen LogP contribution in [0.5, 0.6) is 11.5 Å². The van der Waals surface area contributed by atoms with Gasteiger partial charge in [0.2, 0.25) is 0 Å². The Labute approximate surface area is 243 Å². The Hall–Kier alpha value is -3.31. The maximum Gasteiger partial charge on any atom is 0.152 e. The summed E-state index contributed by atoms with van der Waals surface area (Å²) in [6, 6.07) is 14.1. The SMILES string of the molecule is CC.CC(=O)/C=C/c1ccccc1.CCCC1CCN(CC2=CC(c3cc(OC)c(C)c(OC)c3)NC=C2)CC1. The maximum absolute atomic E-state index is 10.5. The summed E-state index contributed by atoms with van der Waals surface area (Å²) in [5.41, 5.74) is 4.64. The van der Waals surface area contributed by atoms with Crippen LogP contribution in [0.2, 0.25) is 0 Å². The monoisotopic (exact) mass is 546 g/mol. The van der Waals surface area contributed by atoms with Crippen LogP contribution < -0.4 is 14.8 Å². The van der Waals surface area contributed by atoms with E-state index in [0.29, 0.717) is 0 Å². The van der Waals surface area contributed by atoms with E-state index in [-0.39, 0.29) is 11.8 Å². The number of piperidine rings is 1. The molecule has 5 nitrogen and oxygen atoms in total. The van der Waals surface area contributed by atoms with Crippen molar-refractivity contribution in [1.82, 2.24) is 10.2 Å². The summed E-state index contributed by atoms with van der Waals surface area (Å²) in [5, 5.41) is 3.46. The van der Waals surface area contributed by atoms with Crippen molar-refractivity contribution in [3.05, 3.63) is 89.2 Å². The van der Waals surface area contributed by atoms with Crippen molar-refractivity contribution < 1.29 is 14.3 Å². The normalized spacial score (nSPS) is 17.1. The van der Waals surface area contributed by atoms with Crippen molar-refractivity contribution in [1.29, 1.82) is 0 Å². The Morgan fingerprint density at radius 3 is 2.23 bits per heavy atom. The molecule has 0 radical (unpaired) electrons. The fourth-order valence-corrected chi connectivity index (χ4v) is 5.04. The van der Waals surface area contributed by atoms with Crippen molar-refractivity contribution in [2.75, 3.05) is 33.9 Å². The van der Waals surface area contributed by atoms with Crippen LogP contribution in [0.25, 0.3) is 6.08 Å². The van der Waals surface area contributed by atoms with Crippen LogP contribution in [-0.4, -0.2) is 44.5 Å². The molecule has 0 aromatic heterocycles. The van der Waals surface area contributed by atoms with Crippen LogP contribution in [0.1, 0.15) is 76.1 Å². The second kappa shape index (κ2) is 18.1. The van der Waals surface area contributed by atoms with Gasteiger partial charge in [0, 0.05) is 12.1 Å². The van der Waals surface area contributed by atoms with E-state index < -0.39 is 0 Å². The van der Waals surface area contributed by atoms with E-state index in [1.165, 1.54) is 44.3 Å². The third-order valence-corrected chi connectivity index (χ3v) is 7.21. The van der Waals surface area contributed by atoms with Gasteiger partial charge in [-0.2, -0.15) is 0 Å². The van der Waals surface area contributed by atoms with Gasteiger partial charge in [-0.3, -0.25) is 9.69 Å². The smallest absolute Gasteiger partial charge is 0.152 e. The number of rotatable bonds is 9. The van der Waals surface area contributed by atoms with Crippen molar-refractivity contribution >= 4 is 11.9 Å². The van der Waals surface area contributed by atoms with E-state index in [1.54, 1.807) is 27.2 Å². The zero-order valence-corrected chi connectivity index (χ0v) is 25.7. The number of carbonyl (C=O) groups excluding carboxylic acids is 1. The van der Waals surface area contributed by atoms with Crippen LogP contribution in [0.15, 0.2) is 72.5 Å². The summed E-state index contributed by atoms with van der Waals surface area (Å²) < 4.78 is 11.1. The van der Waals surface area contributed by atoms with Crippen LogP contribution >= 0.6 is 0 Å². The van der Waals surface area contributed by atoms with E-state index in [4.69, 9.17) is 9.47 Å². The third-order valence-electron chi connectivity index (χ3n) is 7.21. The summed E-state index contributed by atoms with van der Waals surface area (Å²) in [4.78, 5) is 13.1. The number of benzene rings is 2. The quantitative estimate of drug-likeness (QED) is 0.324. The highest BCUT2D eigenvalue weighted by atomic mass is 16.5. The Balaban J connectivity index is 0.000000360. The minimum Gasteiger partial charge on any atom is -0.496 e. The highest BCUT2D eigenvalue weighted by molar-refractivity contribution is 5.91. The van der Waals surface area contributed by atoms with Gasteiger partial charge in [-0.25, -0.2) is 0 Å². The first kappa shape index (κ1) is 32.9. The van der Waals surface area contributed by atoms with E-state index >= 15 is 0 Å². The van der Waals surface area contributed by atoms with E-state index in [0.717, 1.165) is 40.7 Å².